The van der Waals surface area contributed by atoms with Gasteiger partial charge in [0.2, 0.25) is 10.0 Å². The second-order valence-electron chi connectivity index (χ2n) is 4.48. The van der Waals surface area contributed by atoms with Crippen LogP contribution in [-0.2, 0) is 14.8 Å². The number of hydrogen-bond acceptors (Lipinski definition) is 3. The van der Waals surface area contributed by atoms with E-state index in [0.717, 1.165) is 25.7 Å². The number of carboxylic acids is 1. The normalized spacial score (nSPS) is 21.9. The fourth-order valence-electron chi connectivity index (χ4n) is 2.05. The van der Waals surface area contributed by atoms with Gasteiger partial charge >= 0.3 is 5.97 Å². The molecule has 1 aliphatic rings. The minimum Gasteiger partial charge on any atom is -0.480 e. The number of carbonyl (C=O) groups is 1. The van der Waals surface area contributed by atoms with Gasteiger partial charge in [-0.15, -0.1) is 0 Å². The third-order valence-electron chi connectivity index (χ3n) is 3.27. The Morgan fingerprint density at radius 1 is 1.31 bits per heavy atom. The molecule has 0 heterocycles. The Bertz CT molecular complexity index is 346. The first-order chi connectivity index (χ1) is 7.34. The molecule has 1 unspecified atom stereocenters. The van der Waals surface area contributed by atoms with Crippen LogP contribution in [0.4, 0.5) is 0 Å². The molecule has 6 heteroatoms. The fraction of sp³-hybridized carbons (Fsp3) is 0.900. The van der Waals surface area contributed by atoms with Crippen LogP contribution in [0, 0.1) is 5.92 Å². The Morgan fingerprint density at radius 3 is 2.25 bits per heavy atom. The van der Waals surface area contributed by atoms with E-state index in [-0.39, 0.29) is 6.04 Å². The third kappa shape index (κ3) is 3.18. The number of aliphatic carboxylic acids is 1. The maximum Gasteiger partial charge on any atom is 0.323 e. The summed E-state index contributed by atoms with van der Waals surface area (Å²) in [5.74, 6) is -0.970. The van der Waals surface area contributed by atoms with Crippen molar-refractivity contribution >= 4 is 16.0 Å². The fourth-order valence-corrected chi connectivity index (χ4v) is 3.23. The summed E-state index contributed by atoms with van der Waals surface area (Å²) in [4.78, 5) is 10.6. The van der Waals surface area contributed by atoms with E-state index >= 15 is 0 Å². The van der Waals surface area contributed by atoms with Gasteiger partial charge in [0.1, 0.15) is 0 Å². The van der Waals surface area contributed by atoms with Gasteiger partial charge in [-0.05, 0) is 32.6 Å². The molecule has 0 aromatic rings. The molecule has 1 aliphatic carbocycles. The predicted molar refractivity (Wildman–Crippen MR) is 60.6 cm³/mol. The number of sulfonamides is 1. The van der Waals surface area contributed by atoms with Crippen molar-refractivity contribution in [1.82, 2.24) is 4.72 Å². The zero-order valence-electron chi connectivity index (χ0n) is 9.64. The Labute approximate surface area is 96.3 Å². The molecular formula is C10H19NO4S. The maximum absolute atomic E-state index is 11.6. The highest BCUT2D eigenvalue weighted by molar-refractivity contribution is 7.90. The molecule has 0 spiro atoms. The summed E-state index contributed by atoms with van der Waals surface area (Å²) >= 11 is 0. The molecule has 1 fully saturated rings. The van der Waals surface area contributed by atoms with Crippen molar-refractivity contribution in [1.29, 1.82) is 0 Å². The van der Waals surface area contributed by atoms with E-state index in [1.807, 2.05) is 6.92 Å². The van der Waals surface area contributed by atoms with Gasteiger partial charge in [-0.1, -0.05) is 12.8 Å². The lowest BCUT2D eigenvalue weighted by Crippen LogP contribution is -2.44. The van der Waals surface area contributed by atoms with Gasteiger partial charge < -0.3 is 5.11 Å². The molecule has 0 radical (unpaired) electrons. The Hall–Kier alpha value is -0.620. The molecule has 0 amide bonds. The van der Waals surface area contributed by atoms with Crippen LogP contribution in [0.1, 0.15) is 39.5 Å². The number of nitrogens with one attached hydrogen (secondary N) is 1. The quantitative estimate of drug-likeness (QED) is 0.760. The van der Waals surface area contributed by atoms with Crippen molar-refractivity contribution in [2.75, 3.05) is 0 Å². The summed E-state index contributed by atoms with van der Waals surface area (Å²) in [6.07, 6.45) is 4.30. The maximum atomic E-state index is 11.6. The Morgan fingerprint density at radius 2 is 1.81 bits per heavy atom. The number of carboxylic acid groups (broad SMARTS) is 1. The van der Waals surface area contributed by atoms with Gasteiger partial charge in [-0.25, -0.2) is 13.1 Å². The SMILES string of the molecule is CC(C(=O)O)S(=O)(=O)N[C@H](C)C1CCCC1. The third-order valence-corrected chi connectivity index (χ3v) is 5.10. The van der Waals surface area contributed by atoms with E-state index < -0.39 is 21.2 Å². The molecule has 1 saturated carbocycles. The molecule has 94 valence electrons. The molecule has 5 nitrogen and oxygen atoms in total. The van der Waals surface area contributed by atoms with Crippen LogP contribution in [0.5, 0.6) is 0 Å². The van der Waals surface area contributed by atoms with Gasteiger partial charge in [-0.2, -0.15) is 0 Å². The van der Waals surface area contributed by atoms with Gasteiger partial charge in [0.25, 0.3) is 0 Å². The van der Waals surface area contributed by atoms with E-state index in [1.165, 1.54) is 6.92 Å². The first kappa shape index (κ1) is 13.4. The topological polar surface area (TPSA) is 83.5 Å². The van der Waals surface area contributed by atoms with Crippen LogP contribution < -0.4 is 4.72 Å². The van der Waals surface area contributed by atoms with Crippen molar-refractivity contribution in [2.45, 2.75) is 50.8 Å². The molecule has 0 aromatic heterocycles. The highest BCUT2D eigenvalue weighted by Crippen LogP contribution is 2.27. The number of rotatable bonds is 5. The Kier molecular flexibility index (Phi) is 4.32. The second-order valence-corrected chi connectivity index (χ2v) is 6.51. The van der Waals surface area contributed by atoms with Crippen molar-refractivity contribution < 1.29 is 18.3 Å². The molecule has 1 rings (SSSR count). The van der Waals surface area contributed by atoms with Gasteiger partial charge in [-0.3, -0.25) is 4.79 Å². The monoisotopic (exact) mass is 249 g/mol. The van der Waals surface area contributed by atoms with E-state index in [4.69, 9.17) is 5.11 Å². The van der Waals surface area contributed by atoms with E-state index in [2.05, 4.69) is 4.72 Å². The lowest BCUT2D eigenvalue weighted by molar-refractivity contribution is -0.136. The summed E-state index contributed by atoms with van der Waals surface area (Å²) in [6, 6.07) is -0.172. The van der Waals surface area contributed by atoms with Crippen LogP contribution >= 0.6 is 0 Å². The summed E-state index contributed by atoms with van der Waals surface area (Å²) in [5, 5.41) is 7.28. The average molecular weight is 249 g/mol. The largest absolute Gasteiger partial charge is 0.480 e. The molecule has 16 heavy (non-hydrogen) atoms. The zero-order chi connectivity index (χ0) is 12.3. The molecule has 0 bridgehead atoms. The highest BCUT2D eigenvalue weighted by Gasteiger charge is 2.31. The van der Waals surface area contributed by atoms with Crippen molar-refractivity contribution in [3.8, 4) is 0 Å². The first-order valence-electron chi connectivity index (χ1n) is 5.58. The van der Waals surface area contributed by atoms with Gasteiger partial charge in [0.15, 0.2) is 5.25 Å². The predicted octanol–water partition coefficient (Wildman–Crippen LogP) is 0.958. The smallest absolute Gasteiger partial charge is 0.323 e. The van der Waals surface area contributed by atoms with E-state index in [0.29, 0.717) is 5.92 Å². The van der Waals surface area contributed by atoms with E-state index in [1.54, 1.807) is 0 Å². The van der Waals surface area contributed by atoms with Crippen molar-refractivity contribution in [2.24, 2.45) is 5.92 Å². The molecular weight excluding hydrogens is 230 g/mol. The average Bonchev–Trinajstić information content (AvgIpc) is 2.68. The van der Waals surface area contributed by atoms with Crippen LogP contribution in [0.2, 0.25) is 0 Å². The second kappa shape index (κ2) is 5.14. The standard InChI is InChI=1S/C10H19NO4S/c1-7(9-5-3-4-6-9)11-16(14,15)8(2)10(12)13/h7-9,11H,3-6H2,1-2H3,(H,12,13)/t7-,8?/m1/s1. The molecule has 0 aromatic carbocycles. The molecule has 0 aliphatic heterocycles. The van der Waals surface area contributed by atoms with E-state index in [9.17, 15) is 13.2 Å². The lowest BCUT2D eigenvalue weighted by Gasteiger charge is -2.21. The minimum atomic E-state index is -3.75. The van der Waals surface area contributed by atoms with Crippen LogP contribution in [0.25, 0.3) is 0 Å². The zero-order valence-corrected chi connectivity index (χ0v) is 10.5. The van der Waals surface area contributed by atoms with Crippen molar-refractivity contribution in [3.05, 3.63) is 0 Å². The van der Waals surface area contributed by atoms with Gasteiger partial charge in [0, 0.05) is 6.04 Å². The highest BCUT2D eigenvalue weighted by atomic mass is 32.2. The van der Waals surface area contributed by atoms with Crippen LogP contribution in [0.3, 0.4) is 0 Å². The van der Waals surface area contributed by atoms with Gasteiger partial charge in [0.05, 0.1) is 0 Å². The van der Waals surface area contributed by atoms with Crippen molar-refractivity contribution in [3.63, 3.8) is 0 Å². The number of hydrogen-bond donors (Lipinski definition) is 2. The Balaban J connectivity index is 2.61. The van der Waals surface area contributed by atoms with Crippen LogP contribution in [0.15, 0.2) is 0 Å². The molecule has 2 atom stereocenters. The van der Waals surface area contributed by atoms with Crippen LogP contribution in [-0.4, -0.2) is 30.8 Å². The summed E-state index contributed by atoms with van der Waals surface area (Å²) in [6.45, 7) is 2.99. The molecule has 2 N–H and O–H groups in total. The molecule has 0 saturated heterocycles. The summed E-state index contributed by atoms with van der Waals surface area (Å²) < 4.78 is 25.8. The summed E-state index contributed by atoms with van der Waals surface area (Å²) in [5.41, 5.74) is 0. The summed E-state index contributed by atoms with van der Waals surface area (Å²) in [7, 11) is -3.75. The minimum absolute atomic E-state index is 0.172. The first-order valence-corrected chi connectivity index (χ1v) is 7.13. The lowest BCUT2D eigenvalue weighted by atomic mass is 10.0.